The summed E-state index contributed by atoms with van der Waals surface area (Å²) in [6.45, 7) is 5.61. The van der Waals surface area contributed by atoms with Crippen LogP contribution in [-0.2, 0) is 30.3 Å². The number of halogens is 1. The number of cyclic esters (lactones) is 1. The van der Waals surface area contributed by atoms with Crippen LogP contribution in [-0.4, -0.2) is 87.6 Å². The van der Waals surface area contributed by atoms with Crippen LogP contribution in [0.2, 0.25) is 0 Å². The highest BCUT2D eigenvalue weighted by Crippen LogP contribution is 2.26. The van der Waals surface area contributed by atoms with Gasteiger partial charge in [-0.1, -0.05) is 43.7 Å². The van der Waals surface area contributed by atoms with Crippen molar-refractivity contribution < 1.29 is 43.0 Å². The summed E-state index contributed by atoms with van der Waals surface area (Å²) in [5, 5.41) is 15.7. The molecule has 4 heterocycles. The van der Waals surface area contributed by atoms with Gasteiger partial charge in [-0.25, -0.2) is 19.6 Å². The second-order valence-corrected chi connectivity index (χ2v) is 12.8. The lowest BCUT2D eigenvalue weighted by Gasteiger charge is -2.30. The molecule has 0 aromatic carbocycles. The number of carbonyl (C=O) groups is 5. The number of aliphatic hydroxyl groups is 1. The molecule has 49 heavy (non-hydrogen) atoms. The Bertz CT molecular complexity index is 1600. The molecule has 5 atom stereocenters. The van der Waals surface area contributed by atoms with Gasteiger partial charge in [-0.2, -0.15) is 0 Å². The summed E-state index contributed by atoms with van der Waals surface area (Å²) in [6, 6.07) is 2.39. The maximum absolute atomic E-state index is 13.6. The molecule has 2 aliphatic heterocycles. The van der Waals surface area contributed by atoms with Gasteiger partial charge in [0.25, 0.3) is 5.91 Å². The average Bonchev–Trinajstić information content (AvgIpc) is 3.74. The van der Waals surface area contributed by atoms with Crippen molar-refractivity contribution in [3.8, 4) is 0 Å². The molecule has 1 fully saturated rings. The Morgan fingerprint density at radius 2 is 2.04 bits per heavy atom. The molecule has 2 aromatic heterocycles. The lowest BCUT2D eigenvalue weighted by atomic mass is 9.93. The number of nitrogens with one attached hydrogen (secondary N) is 2. The SMILES string of the molecule is CC1=C\[C@@H](O)CC(=O)Cc2nc(co2)C(=O)N2CCC[C@@H]2C(=O)O[C@H]([C@H](C)COC(=O)Nc2ccc(Br)nc2)[C@H](C)/C=C/C(=O)NC\C=C\1. The van der Waals surface area contributed by atoms with Crippen molar-refractivity contribution in [2.24, 2.45) is 11.8 Å². The molecule has 0 unspecified atom stereocenters. The van der Waals surface area contributed by atoms with E-state index in [0.29, 0.717) is 28.7 Å². The highest BCUT2D eigenvalue weighted by molar-refractivity contribution is 9.10. The van der Waals surface area contributed by atoms with Crippen LogP contribution in [0.4, 0.5) is 10.5 Å². The van der Waals surface area contributed by atoms with Gasteiger partial charge in [-0.3, -0.25) is 19.7 Å². The fraction of sp³-hybridized carbons (Fsp3) is 0.441. The largest absolute Gasteiger partial charge is 0.460 e. The van der Waals surface area contributed by atoms with Gasteiger partial charge in [0, 0.05) is 31.3 Å². The van der Waals surface area contributed by atoms with Crippen molar-refractivity contribution in [2.45, 2.75) is 64.7 Å². The van der Waals surface area contributed by atoms with Gasteiger partial charge >= 0.3 is 12.1 Å². The van der Waals surface area contributed by atoms with Gasteiger partial charge in [0.15, 0.2) is 5.69 Å². The predicted molar refractivity (Wildman–Crippen MR) is 180 cm³/mol. The van der Waals surface area contributed by atoms with Crippen LogP contribution in [0.1, 0.15) is 56.4 Å². The summed E-state index contributed by atoms with van der Waals surface area (Å²) in [6.07, 6.45) is 8.31. The third-order valence-electron chi connectivity index (χ3n) is 7.91. The number of esters is 1. The number of nitrogens with zero attached hydrogens (tertiary/aromatic N) is 3. The van der Waals surface area contributed by atoms with Gasteiger partial charge in [0.2, 0.25) is 11.8 Å². The Balaban J connectivity index is 1.54. The van der Waals surface area contributed by atoms with Gasteiger partial charge in [-0.15, -0.1) is 0 Å². The molecule has 0 aliphatic carbocycles. The lowest BCUT2D eigenvalue weighted by molar-refractivity contribution is -0.159. The smallest absolute Gasteiger partial charge is 0.411 e. The van der Waals surface area contributed by atoms with E-state index in [0.717, 1.165) is 6.26 Å². The number of Topliss-reactive ketones (excluding diaryl/α,β-unsaturated/α-hetero) is 1. The van der Waals surface area contributed by atoms with Gasteiger partial charge in [0.05, 0.1) is 31.0 Å². The van der Waals surface area contributed by atoms with Crippen LogP contribution in [0.3, 0.4) is 0 Å². The van der Waals surface area contributed by atoms with E-state index in [1.165, 1.54) is 23.2 Å². The first-order valence-electron chi connectivity index (χ1n) is 15.9. The first-order chi connectivity index (χ1) is 23.4. The maximum Gasteiger partial charge on any atom is 0.411 e. The number of aromatic nitrogens is 2. The summed E-state index contributed by atoms with van der Waals surface area (Å²) in [7, 11) is 0. The van der Waals surface area contributed by atoms with Crippen molar-refractivity contribution in [3.63, 3.8) is 0 Å². The van der Waals surface area contributed by atoms with E-state index >= 15 is 0 Å². The molecule has 0 radical (unpaired) electrons. The summed E-state index contributed by atoms with van der Waals surface area (Å²) >= 11 is 3.24. The third-order valence-corrected chi connectivity index (χ3v) is 8.37. The van der Waals surface area contributed by atoms with Gasteiger partial charge in [0.1, 0.15) is 28.8 Å². The highest BCUT2D eigenvalue weighted by Gasteiger charge is 2.39. The molecule has 2 aliphatic rings. The summed E-state index contributed by atoms with van der Waals surface area (Å²) in [5.74, 6) is -2.95. The van der Waals surface area contributed by atoms with Gasteiger partial charge in [-0.05, 0) is 53.9 Å². The monoisotopic (exact) mass is 741 g/mol. The van der Waals surface area contributed by atoms with E-state index < -0.39 is 54.0 Å². The molecule has 15 heteroatoms. The fourth-order valence-electron chi connectivity index (χ4n) is 5.46. The van der Waals surface area contributed by atoms with Crippen molar-refractivity contribution >= 4 is 51.3 Å². The zero-order valence-electron chi connectivity index (χ0n) is 27.5. The molecular formula is C34H40BrN5O9. The van der Waals surface area contributed by atoms with Crippen LogP contribution in [0, 0.1) is 11.8 Å². The number of anilines is 1. The van der Waals surface area contributed by atoms with Crippen LogP contribution in [0.5, 0.6) is 0 Å². The second kappa shape index (κ2) is 17.7. The number of aliphatic hydroxyl groups excluding tert-OH is 1. The Hall–Kier alpha value is -4.63. The van der Waals surface area contributed by atoms with Crippen molar-refractivity contribution in [1.29, 1.82) is 0 Å². The molecule has 3 N–H and O–H groups in total. The first-order valence-corrected chi connectivity index (χ1v) is 16.7. The highest BCUT2D eigenvalue weighted by atomic mass is 79.9. The predicted octanol–water partition coefficient (Wildman–Crippen LogP) is 3.92. The number of oxazole rings is 1. The van der Waals surface area contributed by atoms with E-state index in [1.54, 1.807) is 51.1 Å². The van der Waals surface area contributed by atoms with Crippen molar-refractivity contribution in [1.82, 2.24) is 20.2 Å². The Morgan fingerprint density at radius 3 is 2.80 bits per heavy atom. The minimum atomic E-state index is -1.05. The quantitative estimate of drug-likeness (QED) is 0.304. The number of allylic oxidation sites excluding steroid dienone is 2. The number of ketones is 1. The molecule has 14 nitrogen and oxygen atoms in total. The summed E-state index contributed by atoms with van der Waals surface area (Å²) in [5.41, 5.74) is 1.05. The molecule has 3 amide bonds. The zero-order valence-corrected chi connectivity index (χ0v) is 29.1. The van der Waals surface area contributed by atoms with Crippen molar-refractivity contribution in [3.05, 3.63) is 76.7 Å². The molecule has 1 saturated heterocycles. The number of carbonyl (C=O) groups excluding carboxylic acids is 5. The first kappa shape index (κ1) is 37.2. The van der Waals surface area contributed by atoms with Crippen LogP contribution >= 0.6 is 15.9 Å². The second-order valence-electron chi connectivity index (χ2n) is 12.0. The topological polar surface area (TPSA) is 190 Å². The molecule has 2 bridgehead atoms. The lowest BCUT2D eigenvalue weighted by Crippen LogP contribution is -2.44. The molecule has 262 valence electrons. The average molecular weight is 743 g/mol. The molecule has 4 rings (SSSR count). The van der Waals surface area contributed by atoms with Crippen LogP contribution in [0.25, 0.3) is 0 Å². The maximum atomic E-state index is 13.6. The van der Waals surface area contributed by atoms with E-state index in [1.807, 2.05) is 0 Å². The van der Waals surface area contributed by atoms with Gasteiger partial charge < -0.3 is 29.2 Å². The van der Waals surface area contributed by atoms with E-state index in [4.69, 9.17) is 13.9 Å². The Kier molecular flexibility index (Phi) is 13.4. The van der Waals surface area contributed by atoms with Crippen LogP contribution < -0.4 is 10.6 Å². The number of pyridine rings is 1. The third kappa shape index (κ3) is 11.2. The number of hydrogen-bond acceptors (Lipinski definition) is 11. The number of hydrogen-bond donors (Lipinski definition) is 3. The number of rotatable bonds is 4. The minimum absolute atomic E-state index is 0.0172. The molecule has 0 spiro atoms. The van der Waals surface area contributed by atoms with Crippen LogP contribution in [0.15, 0.2) is 69.6 Å². The van der Waals surface area contributed by atoms with E-state index in [2.05, 4.69) is 36.5 Å². The summed E-state index contributed by atoms with van der Waals surface area (Å²) < 4.78 is 17.4. The number of fused-ring (bicyclic) bond motifs is 3. The normalized spacial score (nSPS) is 26.0. The molecular weight excluding hydrogens is 702 g/mol. The number of amides is 3. The zero-order chi connectivity index (χ0) is 35.5. The standard InChI is InChI=1S/C34H40BrN5O9/c1-20-6-4-12-36-29(43)11-8-21(2)31(22(3)18-48-34(46)38-23-9-10-28(35)37-17-23)49-33(45)27-7-5-13-40(27)32(44)26-19-47-30(39-26)16-25(42)15-24(41)14-20/h4,6,8-11,14,17,19,21-22,24,27,31,41H,5,7,12-13,15-16,18H2,1-3H3,(H,36,43)(H,38,46)/b6-4+,11-8+,20-14+/t21-,22-,24-,27-,31+/m1/s1. The Morgan fingerprint density at radius 1 is 1.24 bits per heavy atom. The fourth-order valence-corrected chi connectivity index (χ4v) is 5.69. The molecule has 2 aromatic rings. The summed E-state index contributed by atoms with van der Waals surface area (Å²) in [4.78, 5) is 74.3. The van der Waals surface area contributed by atoms with E-state index in [9.17, 15) is 29.1 Å². The Labute approximate surface area is 292 Å². The molecule has 0 saturated carbocycles. The number of ether oxygens (including phenoxy) is 2. The minimum Gasteiger partial charge on any atom is -0.460 e. The van der Waals surface area contributed by atoms with Crippen molar-refractivity contribution in [2.75, 3.05) is 25.0 Å². The van der Waals surface area contributed by atoms with E-state index in [-0.39, 0.29) is 49.9 Å².